The summed E-state index contributed by atoms with van der Waals surface area (Å²) in [5.74, 6) is 0. The van der Waals surface area contributed by atoms with E-state index in [1.807, 2.05) is 0 Å². The van der Waals surface area contributed by atoms with Gasteiger partial charge in [-0.05, 0) is 33.2 Å². The highest BCUT2D eigenvalue weighted by Crippen LogP contribution is 2.23. The molecular formula is C12H21N3S. The van der Waals surface area contributed by atoms with Gasteiger partial charge in [0, 0.05) is 24.0 Å². The predicted molar refractivity (Wildman–Crippen MR) is 70.3 cm³/mol. The molecule has 0 aromatic carbocycles. The Balaban J connectivity index is 1.87. The van der Waals surface area contributed by atoms with Crippen LogP contribution in [0.1, 0.15) is 30.3 Å². The van der Waals surface area contributed by atoms with Crippen LogP contribution in [0.3, 0.4) is 0 Å². The number of hydrogen-bond acceptors (Lipinski definition) is 4. The van der Waals surface area contributed by atoms with Crippen LogP contribution in [-0.2, 0) is 0 Å². The summed E-state index contributed by atoms with van der Waals surface area (Å²) < 4.78 is 0. The van der Waals surface area contributed by atoms with Crippen molar-refractivity contribution >= 4 is 16.5 Å². The Kier molecular flexibility index (Phi) is 3.82. The molecule has 3 nitrogen and oxygen atoms in total. The summed E-state index contributed by atoms with van der Waals surface area (Å²) in [5, 5.41) is 4.67. The fourth-order valence-electron chi connectivity index (χ4n) is 2.10. The number of nitrogens with one attached hydrogen (secondary N) is 1. The first-order valence-electron chi connectivity index (χ1n) is 6.12. The molecule has 1 aromatic rings. The Morgan fingerprint density at radius 1 is 1.38 bits per heavy atom. The van der Waals surface area contributed by atoms with Gasteiger partial charge in [-0.25, -0.2) is 4.98 Å². The van der Waals surface area contributed by atoms with Gasteiger partial charge in [-0.2, -0.15) is 0 Å². The van der Waals surface area contributed by atoms with Gasteiger partial charge < -0.3 is 10.2 Å². The first-order valence-corrected chi connectivity index (χ1v) is 6.93. The number of rotatable bonds is 3. The van der Waals surface area contributed by atoms with E-state index in [1.165, 1.54) is 43.0 Å². The maximum atomic E-state index is 4.54. The molecule has 0 amide bonds. The average molecular weight is 239 g/mol. The molecule has 0 bridgehead atoms. The Labute approximate surface area is 102 Å². The molecule has 1 fully saturated rings. The largest absolute Gasteiger partial charge is 0.359 e. The zero-order chi connectivity index (χ0) is 11.5. The number of aryl methyl sites for hydroxylation is 2. The molecule has 1 aliphatic rings. The molecule has 0 unspecified atom stereocenters. The number of nitrogens with zero attached hydrogens (tertiary/aromatic N) is 2. The lowest BCUT2D eigenvalue weighted by Gasteiger charge is -2.31. The number of anilines is 1. The lowest BCUT2D eigenvalue weighted by molar-refractivity contribution is 0.229. The summed E-state index contributed by atoms with van der Waals surface area (Å²) in [4.78, 5) is 8.38. The zero-order valence-corrected chi connectivity index (χ0v) is 11.2. The van der Waals surface area contributed by atoms with E-state index >= 15 is 0 Å². The highest BCUT2D eigenvalue weighted by molar-refractivity contribution is 7.15. The zero-order valence-electron chi connectivity index (χ0n) is 10.4. The van der Waals surface area contributed by atoms with E-state index in [2.05, 4.69) is 36.0 Å². The van der Waals surface area contributed by atoms with Gasteiger partial charge in [-0.3, -0.25) is 0 Å². The van der Waals surface area contributed by atoms with E-state index in [4.69, 9.17) is 0 Å². The average Bonchev–Trinajstić information content (AvgIpc) is 2.59. The van der Waals surface area contributed by atoms with Crippen molar-refractivity contribution in [3.63, 3.8) is 0 Å². The van der Waals surface area contributed by atoms with E-state index in [-0.39, 0.29) is 0 Å². The Hall–Kier alpha value is -0.610. The van der Waals surface area contributed by atoms with Crippen molar-refractivity contribution in [3.8, 4) is 0 Å². The van der Waals surface area contributed by atoms with E-state index in [1.54, 1.807) is 11.3 Å². The van der Waals surface area contributed by atoms with Gasteiger partial charge in [-0.1, -0.05) is 6.92 Å². The fraction of sp³-hybridized carbons (Fsp3) is 0.750. The summed E-state index contributed by atoms with van der Waals surface area (Å²) >= 11 is 1.78. The normalized spacial score (nSPS) is 18.9. The third kappa shape index (κ3) is 2.74. The van der Waals surface area contributed by atoms with Crippen LogP contribution in [0.2, 0.25) is 0 Å². The van der Waals surface area contributed by atoms with Crippen LogP contribution in [0.15, 0.2) is 0 Å². The van der Waals surface area contributed by atoms with Crippen LogP contribution in [-0.4, -0.2) is 35.6 Å². The molecule has 1 N–H and O–H groups in total. The second-order valence-corrected chi connectivity index (χ2v) is 5.72. The molecule has 90 valence electrons. The van der Waals surface area contributed by atoms with Crippen LogP contribution in [0, 0.1) is 13.8 Å². The number of aromatic nitrogens is 1. The third-order valence-electron chi connectivity index (χ3n) is 3.39. The summed E-state index contributed by atoms with van der Waals surface area (Å²) in [7, 11) is 0. The van der Waals surface area contributed by atoms with Crippen LogP contribution >= 0.6 is 11.3 Å². The molecule has 1 saturated heterocycles. The van der Waals surface area contributed by atoms with Gasteiger partial charge in [0.15, 0.2) is 5.13 Å². The molecule has 0 saturated carbocycles. The summed E-state index contributed by atoms with van der Waals surface area (Å²) in [6, 6.07) is 0.618. The lowest BCUT2D eigenvalue weighted by Crippen LogP contribution is -2.38. The van der Waals surface area contributed by atoms with Gasteiger partial charge in [0.2, 0.25) is 0 Å². The highest BCUT2D eigenvalue weighted by Gasteiger charge is 2.18. The topological polar surface area (TPSA) is 28.2 Å². The summed E-state index contributed by atoms with van der Waals surface area (Å²) in [6.45, 7) is 10.1. The molecule has 0 radical (unpaired) electrons. The first kappa shape index (κ1) is 11.9. The predicted octanol–water partition coefficient (Wildman–Crippen LogP) is 2.66. The molecule has 2 heterocycles. The Morgan fingerprint density at radius 2 is 2.06 bits per heavy atom. The SMILES string of the molecule is CCN1CCC(Nc2nc(C)c(C)s2)CC1. The smallest absolute Gasteiger partial charge is 0.183 e. The molecule has 0 spiro atoms. The molecule has 0 aliphatic carbocycles. The molecule has 0 atom stereocenters. The molecular weight excluding hydrogens is 218 g/mol. The van der Waals surface area contributed by atoms with Crippen LogP contribution in [0.5, 0.6) is 0 Å². The van der Waals surface area contributed by atoms with E-state index in [0.717, 1.165) is 5.13 Å². The van der Waals surface area contributed by atoms with Gasteiger partial charge in [0.25, 0.3) is 0 Å². The maximum absolute atomic E-state index is 4.54. The van der Waals surface area contributed by atoms with Crippen molar-refractivity contribution in [3.05, 3.63) is 10.6 Å². The highest BCUT2D eigenvalue weighted by atomic mass is 32.1. The van der Waals surface area contributed by atoms with Crippen molar-refractivity contribution in [2.24, 2.45) is 0 Å². The maximum Gasteiger partial charge on any atom is 0.183 e. The minimum absolute atomic E-state index is 0.618. The number of likely N-dealkylation sites (tertiary alicyclic amines) is 1. The monoisotopic (exact) mass is 239 g/mol. The van der Waals surface area contributed by atoms with E-state index < -0.39 is 0 Å². The third-order valence-corrected chi connectivity index (χ3v) is 4.40. The van der Waals surface area contributed by atoms with Crippen molar-refractivity contribution in [1.82, 2.24) is 9.88 Å². The minimum Gasteiger partial charge on any atom is -0.359 e. The fourth-order valence-corrected chi connectivity index (χ4v) is 2.99. The molecule has 1 aliphatic heterocycles. The number of hydrogen-bond donors (Lipinski definition) is 1. The van der Waals surface area contributed by atoms with Crippen molar-refractivity contribution < 1.29 is 0 Å². The van der Waals surface area contributed by atoms with Gasteiger partial charge in [0.05, 0.1) is 5.69 Å². The lowest BCUT2D eigenvalue weighted by atomic mass is 10.1. The summed E-state index contributed by atoms with van der Waals surface area (Å²) in [5.41, 5.74) is 1.17. The van der Waals surface area contributed by atoms with E-state index in [0.29, 0.717) is 6.04 Å². The van der Waals surface area contributed by atoms with Gasteiger partial charge >= 0.3 is 0 Å². The number of piperidine rings is 1. The van der Waals surface area contributed by atoms with E-state index in [9.17, 15) is 0 Å². The van der Waals surface area contributed by atoms with Crippen LogP contribution in [0.25, 0.3) is 0 Å². The molecule has 2 rings (SSSR count). The van der Waals surface area contributed by atoms with Crippen LogP contribution in [0.4, 0.5) is 5.13 Å². The van der Waals surface area contributed by atoms with Gasteiger partial charge in [-0.15, -0.1) is 11.3 Å². The van der Waals surface area contributed by atoms with Crippen LogP contribution < -0.4 is 5.32 Å². The second-order valence-electron chi connectivity index (χ2n) is 4.51. The van der Waals surface area contributed by atoms with Crippen molar-refractivity contribution in [2.75, 3.05) is 25.0 Å². The Morgan fingerprint density at radius 3 is 2.56 bits per heavy atom. The minimum atomic E-state index is 0.618. The second kappa shape index (κ2) is 5.15. The molecule has 1 aromatic heterocycles. The van der Waals surface area contributed by atoms with Crippen molar-refractivity contribution in [2.45, 2.75) is 39.7 Å². The standard InChI is InChI=1S/C12H21N3S/c1-4-15-7-5-11(6-8-15)14-12-13-9(2)10(3)16-12/h11H,4-8H2,1-3H3,(H,13,14). The summed E-state index contributed by atoms with van der Waals surface area (Å²) in [6.07, 6.45) is 2.48. The Bertz CT molecular complexity index is 321. The quantitative estimate of drug-likeness (QED) is 0.879. The molecule has 16 heavy (non-hydrogen) atoms. The molecule has 4 heteroatoms. The first-order chi connectivity index (χ1) is 7.69. The van der Waals surface area contributed by atoms with Gasteiger partial charge in [0.1, 0.15) is 0 Å². The number of thiazole rings is 1. The van der Waals surface area contributed by atoms with Crippen molar-refractivity contribution in [1.29, 1.82) is 0 Å².